The first kappa shape index (κ1) is 15.1. The maximum absolute atomic E-state index is 12.5. The lowest BCUT2D eigenvalue weighted by Gasteiger charge is -2.15. The lowest BCUT2D eigenvalue weighted by Crippen LogP contribution is -2.20. The fraction of sp³-hybridized carbons (Fsp3) is 0.400. The molecule has 0 radical (unpaired) electrons. The van der Waals surface area contributed by atoms with Crippen molar-refractivity contribution in [1.29, 1.82) is 5.26 Å². The molecule has 19 heavy (non-hydrogen) atoms. The van der Waals surface area contributed by atoms with Gasteiger partial charge in [0.25, 0.3) is 6.43 Å². The van der Waals surface area contributed by atoms with E-state index < -0.39 is 30.8 Å². The molecule has 1 heterocycles. The minimum Gasteiger partial charge on any atom is -0.388 e. The summed E-state index contributed by atoms with van der Waals surface area (Å²) in [6.45, 7) is -0.312. The first-order chi connectivity index (χ1) is 8.78. The van der Waals surface area contributed by atoms with E-state index >= 15 is 0 Å². The van der Waals surface area contributed by atoms with Gasteiger partial charge < -0.3 is 10.5 Å². The van der Waals surface area contributed by atoms with Crippen LogP contribution in [0.4, 0.5) is 22.0 Å². The van der Waals surface area contributed by atoms with Crippen LogP contribution >= 0.6 is 0 Å². The van der Waals surface area contributed by atoms with Crippen molar-refractivity contribution in [3.05, 3.63) is 22.9 Å². The van der Waals surface area contributed by atoms with E-state index in [1.54, 1.807) is 6.07 Å². The molecule has 0 spiro atoms. The van der Waals surface area contributed by atoms with E-state index in [1.807, 2.05) is 0 Å². The fourth-order valence-corrected chi connectivity index (χ4v) is 1.38. The molecule has 2 N–H and O–H groups in total. The van der Waals surface area contributed by atoms with Crippen molar-refractivity contribution in [3.63, 3.8) is 0 Å². The second-order valence-corrected chi connectivity index (χ2v) is 3.38. The van der Waals surface area contributed by atoms with Crippen LogP contribution < -0.4 is 10.5 Å². The van der Waals surface area contributed by atoms with E-state index in [0.29, 0.717) is 0 Å². The Labute approximate surface area is 104 Å². The number of nitrogens with two attached hydrogens (primary N) is 1. The molecule has 1 aromatic rings. The number of hydrogen-bond acceptors (Lipinski definition) is 4. The Balaban J connectivity index is 3.37. The molecule has 0 bridgehead atoms. The number of halogens is 5. The van der Waals surface area contributed by atoms with Gasteiger partial charge in [0.2, 0.25) is 5.88 Å². The molecule has 0 saturated carbocycles. The number of nitrogens with zero attached hydrogens (tertiary/aromatic N) is 2. The van der Waals surface area contributed by atoms with Gasteiger partial charge in [0, 0.05) is 12.1 Å². The van der Waals surface area contributed by atoms with Crippen molar-refractivity contribution in [1.82, 2.24) is 4.98 Å². The van der Waals surface area contributed by atoms with Gasteiger partial charge in [-0.3, -0.25) is 0 Å². The van der Waals surface area contributed by atoms with Crippen LogP contribution in [0.25, 0.3) is 0 Å². The van der Waals surface area contributed by atoms with Crippen LogP contribution in [0.1, 0.15) is 23.2 Å². The van der Waals surface area contributed by atoms with Crippen molar-refractivity contribution >= 4 is 0 Å². The maximum atomic E-state index is 12.5. The van der Waals surface area contributed by atoms with Crippen molar-refractivity contribution < 1.29 is 26.7 Å². The number of aromatic nitrogens is 1. The molecule has 0 aliphatic rings. The van der Waals surface area contributed by atoms with E-state index in [1.165, 1.54) is 0 Å². The second-order valence-electron chi connectivity index (χ2n) is 3.38. The van der Waals surface area contributed by atoms with Gasteiger partial charge in [-0.1, -0.05) is 0 Å². The Kier molecular flexibility index (Phi) is 4.61. The van der Waals surface area contributed by atoms with Gasteiger partial charge in [-0.25, -0.2) is 13.8 Å². The number of rotatable bonds is 4. The molecule has 0 aliphatic carbocycles. The standard InChI is InChI=1S/C10H8F5N3O/c11-8(12)7-3-5(4-17)6(1-2-16)9(18-7)19-10(13,14)15/h3,8H,1,4,17H2. The summed E-state index contributed by atoms with van der Waals surface area (Å²) in [6.07, 6.45) is -8.64. The molecule has 1 aromatic heterocycles. The third kappa shape index (κ3) is 4.03. The summed E-state index contributed by atoms with van der Waals surface area (Å²) in [7, 11) is 0. The molecule has 1 rings (SSSR count). The minimum absolute atomic E-state index is 0.0360. The number of ether oxygens (including phenoxy) is 1. The third-order valence-corrected chi connectivity index (χ3v) is 2.11. The summed E-state index contributed by atoms with van der Waals surface area (Å²) in [5.74, 6) is -1.06. The van der Waals surface area contributed by atoms with Crippen LogP contribution in [0.5, 0.6) is 5.88 Å². The van der Waals surface area contributed by atoms with Gasteiger partial charge in [0.05, 0.1) is 12.5 Å². The highest BCUT2D eigenvalue weighted by Crippen LogP contribution is 2.30. The van der Waals surface area contributed by atoms with Crippen molar-refractivity contribution in [2.45, 2.75) is 25.8 Å². The van der Waals surface area contributed by atoms with Crippen molar-refractivity contribution in [2.24, 2.45) is 5.73 Å². The summed E-state index contributed by atoms with van der Waals surface area (Å²) in [4.78, 5) is 3.09. The highest BCUT2D eigenvalue weighted by molar-refractivity contribution is 5.39. The average Bonchev–Trinajstić information content (AvgIpc) is 2.29. The van der Waals surface area contributed by atoms with Gasteiger partial charge >= 0.3 is 6.36 Å². The van der Waals surface area contributed by atoms with Crippen LogP contribution in [-0.2, 0) is 13.0 Å². The van der Waals surface area contributed by atoms with E-state index in [2.05, 4.69) is 9.72 Å². The first-order valence-electron chi connectivity index (χ1n) is 4.92. The lowest BCUT2D eigenvalue weighted by molar-refractivity contribution is -0.276. The molecular formula is C10H8F5N3O. The van der Waals surface area contributed by atoms with Gasteiger partial charge in [0.15, 0.2) is 0 Å². The summed E-state index contributed by atoms with van der Waals surface area (Å²) < 4.78 is 65.1. The summed E-state index contributed by atoms with van der Waals surface area (Å²) in [5.41, 5.74) is 4.10. The molecule has 104 valence electrons. The van der Waals surface area contributed by atoms with E-state index in [0.717, 1.165) is 6.07 Å². The zero-order valence-corrected chi connectivity index (χ0v) is 9.34. The second kappa shape index (κ2) is 5.79. The Hall–Kier alpha value is -1.95. The lowest BCUT2D eigenvalue weighted by atomic mass is 10.1. The molecule has 0 amide bonds. The Morgan fingerprint density at radius 3 is 2.47 bits per heavy atom. The smallest absolute Gasteiger partial charge is 0.388 e. The van der Waals surface area contributed by atoms with Gasteiger partial charge in [-0.05, 0) is 11.6 Å². The van der Waals surface area contributed by atoms with Crippen LogP contribution in [0.15, 0.2) is 6.07 Å². The summed E-state index contributed by atoms with van der Waals surface area (Å²) in [5, 5.41) is 8.54. The van der Waals surface area contributed by atoms with E-state index in [4.69, 9.17) is 11.0 Å². The molecule has 0 aliphatic heterocycles. The molecule has 9 heteroatoms. The van der Waals surface area contributed by atoms with Crippen LogP contribution in [0.2, 0.25) is 0 Å². The normalized spacial score (nSPS) is 11.5. The largest absolute Gasteiger partial charge is 0.574 e. The maximum Gasteiger partial charge on any atom is 0.574 e. The first-order valence-corrected chi connectivity index (χ1v) is 4.92. The topological polar surface area (TPSA) is 71.9 Å². The van der Waals surface area contributed by atoms with Crippen LogP contribution in [-0.4, -0.2) is 11.3 Å². The van der Waals surface area contributed by atoms with Crippen LogP contribution in [0, 0.1) is 11.3 Å². The van der Waals surface area contributed by atoms with Crippen molar-refractivity contribution in [3.8, 4) is 11.9 Å². The molecule has 0 aromatic carbocycles. The quantitative estimate of drug-likeness (QED) is 0.860. The zero-order chi connectivity index (χ0) is 14.6. The van der Waals surface area contributed by atoms with E-state index in [-0.39, 0.29) is 17.7 Å². The van der Waals surface area contributed by atoms with Gasteiger partial charge in [0.1, 0.15) is 5.69 Å². The number of hydrogen-bond donors (Lipinski definition) is 1. The van der Waals surface area contributed by atoms with Crippen LogP contribution in [0.3, 0.4) is 0 Å². The summed E-state index contributed by atoms with van der Waals surface area (Å²) in [6, 6.07) is 2.46. The predicted molar refractivity (Wildman–Crippen MR) is 53.1 cm³/mol. The molecular weight excluding hydrogens is 273 g/mol. The van der Waals surface area contributed by atoms with Gasteiger partial charge in [-0.15, -0.1) is 13.2 Å². The molecule has 0 fully saturated rings. The molecule has 0 saturated heterocycles. The highest BCUT2D eigenvalue weighted by atomic mass is 19.4. The van der Waals surface area contributed by atoms with Gasteiger partial charge in [-0.2, -0.15) is 5.26 Å². The average molecular weight is 281 g/mol. The predicted octanol–water partition coefficient (Wildman–Crippen LogP) is 2.44. The number of nitriles is 1. The third-order valence-electron chi connectivity index (χ3n) is 2.11. The Morgan fingerprint density at radius 1 is 1.42 bits per heavy atom. The SMILES string of the molecule is N#CCc1c(CN)cc(C(F)F)nc1OC(F)(F)F. The Bertz CT molecular complexity index is 495. The monoisotopic (exact) mass is 281 g/mol. The zero-order valence-electron chi connectivity index (χ0n) is 9.34. The fourth-order valence-electron chi connectivity index (χ4n) is 1.38. The molecule has 0 unspecified atom stereocenters. The number of pyridine rings is 1. The summed E-state index contributed by atoms with van der Waals surface area (Å²) >= 11 is 0. The molecule has 4 nitrogen and oxygen atoms in total. The number of alkyl halides is 5. The Morgan fingerprint density at radius 2 is 2.05 bits per heavy atom. The van der Waals surface area contributed by atoms with Crippen molar-refractivity contribution in [2.75, 3.05) is 0 Å². The highest BCUT2D eigenvalue weighted by Gasteiger charge is 2.34. The molecule has 0 atom stereocenters. The van der Waals surface area contributed by atoms with E-state index in [9.17, 15) is 22.0 Å². The minimum atomic E-state index is -5.09.